The zero-order valence-corrected chi connectivity index (χ0v) is 20.8. The highest BCUT2D eigenvalue weighted by molar-refractivity contribution is 7.89. The Morgan fingerprint density at radius 2 is 1.54 bits per heavy atom. The highest BCUT2D eigenvalue weighted by Gasteiger charge is 2.30. The number of anilines is 1. The van der Waals surface area contributed by atoms with Gasteiger partial charge in [0, 0.05) is 12.2 Å². The average Bonchev–Trinajstić information content (AvgIpc) is 2.87. The molecule has 0 radical (unpaired) electrons. The van der Waals surface area contributed by atoms with Crippen LogP contribution < -0.4 is 24.2 Å². The SMILES string of the molecule is COc1ccc(CCNS(=O)(=O)c2ccc(OCC(=O)Nc3ccc(C(F)(F)F)cc3)cc2)cc1OC. The van der Waals surface area contributed by atoms with Crippen LogP contribution in [-0.2, 0) is 27.4 Å². The van der Waals surface area contributed by atoms with Crippen LogP contribution in [0, 0.1) is 0 Å². The number of sulfonamides is 1. The summed E-state index contributed by atoms with van der Waals surface area (Å²) in [5.74, 6) is 0.776. The fourth-order valence-electron chi connectivity index (χ4n) is 3.25. The molecule has 12 heteroatoms. The molecule has 3 aromatic rings. The molecule has 0 fully saturated rings. The topological polar surface area (TPSA) is 103 Å². The molecule has 0 aliphatic carbocycles. The molecule has 0 atom stereocenters. The second kappa shape index (κ2) is 12.0. The molecule has 0 unspecified atom stereocenters. The number of amides is 1. The highest BCUT2D eigenvalue weighted by Crippen LogP contribution is 2.30. The van der Waals surface area contributed by atoms with E-state index in [1.807, 2.05) is 6.07 Å². The van der Waals surface area contributed by atoms with Crippen molar-refractivity contribution in [2.75, 3.05) is 32.7 Å². The average molecular weight is 539 g/mol. The van der Waals surface area contributed by atoms with E-state index >= 15 is 0 Å². The largest absolute Gasteiger partial charge is 0.493 e. The van der Waals surface area contributed by atoms with Crippen LogP contribution >= 0.6 is 0 Å². The fraction of sp³-hybridized carbons (Fsp3) is 0.240. The van der Waals surface area contributed by atoms with E-state index in [1.54, 1.807) is 12.1 Å². The van der Waals surface area contributed by atoms with Crippen LogP contribution in [0.5, 0.6) is 17.2 Å². The number of hydrogen-bond donors (Lipinski definition) is 2. The fourth-order valence-corrected chi connectivity index (χ4v) is 4.28. The lowest BCUT2D eigenvalue weighted by Gasteiger charge is -2.11. The Kier molecular flexibility index (Phi) is 9.00. The number of hydrogen-bond acceptors (Lipinski definition) is 6. The normalized spacial score (nSPS) is 11.6. The van der Waals surface area contributed by atoms with Gasteiger partial charge < -0.3 is 19.5 Å². The van der Waals surface area contributed by atoms with Crippen molar-refractivity contribution in [1.82, 2.24) is 4.72 Å². The molecular weight excluding hydrogens is 513 g/mol. The number of benzene rings is 3. The van der Waals surface area contributed by atoms with Crippen molar-refractivity contribution < 1.29 is 40.6 Å². The summed E-state index contributed by atoms with van der Waals surface area (Å²) in [7, 11) is -0.737. The van der Waals surface area contributed by atoms with Crippen LogP contribution in [-0.4, -0.2) is 41.7 Å². The molecule has 8 nitrogen and oxygen atoms in total. The monoisotopic (exact) mass is 538 g/mol. The molecule has 0 aliphatic rings. The zero-order valence-electron chi connectivity index (χ0n) is 20.0. The molecule has 0 aromatic heterocycles. The number of ether oxygens (including phenoxy) is 3. The van der Waals surface area contributed by atoms with Crippen molar-refractivity contribution in [3.8, 4) is 17.2 Å². The molecule has 3 rings (SSSR count). The van der Waals surface area contributed by atoms with E-state index in [0.717, 1.165) is 29.8 Å². The van der Waals surface area contributed by atoms with Crippen LogP contribution in [0.3, 0.4) is 0 Å². The zero-order chi connectivity index (χ0) is 27.1. The first-order chi connectivity index (χ1) is 17.5. The molecule has 198 valence electrons. The molecule has 0 aliphatic heterocycles. The van der Waals surface area contributed by atoms with Crippen molar-refractivity contribution in [2.45, 2.75) is 17.5 Å². The van der Waals surface area contributed by atoms with Gasteiger partial charge in [0.2, 0.25) is 10.0 Å². The third-order valence-electron chi connectivity index (χ3n) is 5.15. The second-order valence-corrected chi connectivity index (χ2v) is 9.49. The predicted octanol–water partition coefficient (Wildman–Crippen LogP) is 4.26. The van der Waals surface area contributed by atoms with Gasteiger partial charge in [0.05, 0.1) is 24.7 Å². The number of nitrogens with one attached hydrogen (secondary N) is 2. The van der Waals surface area contributed by atoms with Crippen molar-refractivity contribution in [3.05, 3.63) is 77.9 Å². The third-order valence-corrected chi connectivity index (χ3v) is 6.63. The van der Waals surface area contributed by atoms with E-state index in [4.69, 9.17) is 14.2 Å². The quantitative estimate of drug-likeness (QED) is 0.378. The van der Waals surface area contributed by atoms with Crippen LogP contribution in [0.25, 0.3) is 0 Å². The lowest BCUT2D eigenvalue weighted by atomic mass is 10.1. The van der Waals surface area contributed by atoms with Gasteiger partial charge in [-0.15, -0.1) is 0 Å². The molecule has 0 heterocycles. The van der Waals surface area contributed by atoms with E-state index in [0.29, 0.717) is 17.9 Å². The van der Waals surface area contributed by atoms with Crippen molar-refractivity contribution >= 4 is 21.6 Å². The maximum atomic E-state index is 12.6. The number of carbonyl (C=O) groups excluding carboxylic acids is 1. The number of carbonyl (C=O) groups is 1. The molecule has 0 bridgehead atoms. The first-order valence-electron chi connectivity index (χ1n) is 10.9. The molecule has 0 saturated heterocycles. The molecule has 37 heavy (non-hydrogen) atoms. The molecule has 3 aromatic carbocycles. The van der Waals surface area contributed by atoms with Gasteiger partial charge in [0.1, 0.15) is 5.75 Å². The maximum absolute atomic E-state index is 12.6. The van der Waals surface area contributed by atoms with Gasteiger partial charge in [-0.3, -0.25) is 4.79 Å². The van der Waals surface area contributed by atoms with Crippen LogP contribution in [0.4, 0.5) is 18.9 Å². The molecule has 1 amide bonds. The first kappa shape index (κ1) is 27.8. The van der Waals surface area contributed by atoms with Crippen molar-refractivity contribution in [2.24, 2.45) is 0 Å². The van der Waals surface area contributed by atoms with Gasteiger partial charge >= 0.3 is 6.18 Å². The van der Waals surface area contributed by atoms with Gasteiger partial charge in [-0.25, -0.2) is 13.1 Å². The molecule has 2 N–H and O–H groups in total. The number of rotatable bonds is 11. The standard InChI is InChI=1S/C25H25F3N2O6S/c1-34-22-12-3-17(15-23(22)35-2)13-14-29-37(32,33)21-10-8-20(9-11-21)36-16-24(31)30-19-6-4-18(5-7-19)25(26,27)28/h3-12,15,29H,13-14,16H2,1-2H3,(H,30,31). The van der Waals surface area contributed by atoms with Crippen LogP contribution in [0.2, 0.25) is 0 Å². The molecule has 0 saturated carbocycles. The summed E-state index contributed by atoms with van der Waals surface area (Å²) in [6.45, 7) is -0.267. The second-order valence-electron chi connectivity index (χ2n) is 7.72. The maximum Gasteiger partial charge on any atom is 0.416 e. The van der Waals surface area contributed by atoms with Gasteiger partial charge in [0.25, 0.3) is 5.91 Å². The lowest BCUT2D eigenvalue weighted by Crippen LogP contribution is -2.26. The van der Waals surface area contributed by atoms with E-state index in [-0.39, 0.29) is 22.9 Å². The first-order valence-corrected chi connectivity index (χ1v) is 12.4. The number of alkyl halides is 3. The van der Waals surface area contributed by atoms with Crippen LogP contribution in [0.15, 0.2) is 71.6 Å². The molecular formula is C25H25F3N2O6S. The van der Waals surface area contributed by atoms with Crippen molar-refractivity contribution in [3.63, 3.8) is 0 Å². The minimum atomic E-state index is -4.47. The number of halogens is 3. The van der Waals surface area contributed by atoms with Crippen molar-refractivity contribution in [1.29, 1.82) is 0 Å². The summed E-state index contributed by atoms with van der Waals surface area (Å²) in [5, 5.41) is 2.42. The Hall–Kier alpha value is -3.77. The lowest BCUT2D eigenvalue weighted by molar-refractivity contribution is -0.137. The minimum Gasteiger partial charge on any atom is -0.493 e. The summed E-state index contributed by atoms with van der Waals surface area (Å²) in [5.41, 5.74) is 0.216. The van der Waals surface area contributed by atoms with E-state index in [9.17, 15) is 26.4 Å². The van der Waals surface area contributed by atoms with Gasteiger partial charge in [0.15, 0.2) is 18.1 Å². The Balaban J connectivity index is 1.49. The summed E-state index contributed by atoms with van der Waals surface area (Å²) >= 11 is 0. The predicted molar refractivity (Wildman–Crippen MR) is 130 cm³/mol. The van der Waals surface area contributed by atoms with Crippen LogP contribution in [0.1, 0.15) is 11.1 Å². The Morgan fingerprint density at radius 1 is 0.892 bits per heavy atom. The highest BCUT2D eigenvalue weighted by atomic mass is 32.2. The summed E-state index contributed by atoms with van der Waals surface area (Å²) in [6, 6.07) is 14.8. The van der Waals surface area contributed by atoms with Gasteiger partial charge in [-0.1, -0.05) is 6.07 Å². The number of methoxy groups -OCH3 is 2. The summed E-state index contributed by atoms with van der Waals surface area (Å²) < 4.78 is 81.3. The third kappa shape index (κ3) is 7.86. The Bertz CT molecular complexity index is 1310. The van der Waals surface area contributed by atoms with E-state index < -0.39 is 34.3 Å². The Labute approximate surface area is 212 Å². The molecule has 0 spiro atoms. The summed E-state index contributed by atoms with van der Waals surface area (Å²) in [4.78, 5) is 12.0. The van der Waals surface area contributed by atoms with E-state index in [1.165, 1.54) is 38.5 Å². The van der Waals surface area contributed by atoms with E-state index in [2.05, 4.69) is 10.0 Å². The van der Waals surface area contributed by atoms with Gasteiger partial charge in [-0.05, 0) is 72.6 Å². The Morgan fingerprint density at radius 3 is 2.14 bits per heavy atom. The smallest absolute Gasteiger partial charge is 0.416 e. The summed E-state index contributed by atoms with van der Waals surface area (Å²) in [6.07, 6.45) is -4.04. The van der Waals surface area contributed by atoms with Gasteiger partial charge in [-0.2, -0.15) is 13.2 Å². The minimum absolute atomic E-state index is 0.0152.